The van der Waals surface area contributed by atoms with Gasteiger partial charge in [0, 0.05) is 25.9 Å². The third-order valence-corrected chi connectivity index (χ3v) is 3.62. The number of hydrogen-bond acceptors (Lipinski definition) is 4. The van der Waals surface area contributed by atoms with Crippen LogP contribution in [0.4, 0.5) is 5.82 Å². The Morgan fingerprint density at radius 1 is 1.50 bits per heavy atom. The van der Waals surface area contributed by atoms with Crippen LogP contribution in [-0.2, 0) is 11.2 Å². The smallest absolute Gasteiger partial charge is 0.335 e. The molecule has 1 aromatic rings. The van der Waals surface area contributed by atoms with E-state index in [0.717, 1.165) is 38.1 Å². The summed E-state index contributed by atoms with van der Waals surface area (Å²) in [7, 11) is 1.94. The molecule has 0 spiro atoms. The Morgan fingerprint density at radius 2 is 2.30 bits per heavy atom. The molecule has 0 aromatic carbocycles. The summed E-state index contributed by atoms with van der Waals surface area (Å²) in [5.41, 5.74) is 1.10. The first-order chi connectivity index (χ1) is 9.60. The fourth-order valence-electron chi connectivity index (χ4n) is 2.42. The Hall–Kier alpha value is -1.62. The van der Waals surface area contributed by atoms with Gasteiger partial charge in [0.25, 0.3) is 0 Å². The Morgan fingerprint density at radius 3 is 2.90 bits per heavy atom. The molecule has 1 aliphatic heterocycles. The van der Waals surface area contributed by atoms with E-state index in [4.69, 9.17) is 9.84 Å². The molecule has 1 N–H and O–H groups in total. The van der Waals surface area contributed by atoms with Crippen LogP contribution >= 0.6 is 0 Å². The number of pyridine rings is 1. The van der Waals surface area contributed by atoms with Crippen molar-refractivity contribution in [2.24, 2.45) is 0 Å². The van der Waals surface area contributed by atoms with Crippen LogP contribution in [0.5, 0.6) is 0 Å². The normalized spacial score (nSPS) is 18.8. The van der Waals surface area contributed by atoms with Crippen LogP contribution in [0.15, 0.2) is 12.1 Å². The molecule has 0 amide bonds. The largest absolute Gasteiger partial charge is 0.478 e. The second-order valence-electron chi connectivity index (χ2n) is 5.23. The van der Waals surface area contributed by atoms with Gasteiger partial charge in [-0.1, -0.05) is 6.92 Å². The van der Waals surface area contributed by atoms with Crippen molar-refractivity contribution in [3.05, 3.63) is 23.4 Å². The quantitative estimate of drug-likeness (QED) is 0.895. The molecule has 20 heavy (non-hydrogen) atoms. The van der Waals surface area contributed by atoms with Gasteiger partial charge in [0.1, 0.15) is 5.82 Å². The van der Waals surface area contributed by atoms with Crippen molar-refractivity contribution in [3.8, 4) is 0 Å². The van der Waals surface area contributed by atoms with Gasteiger partial charge in [-0.15, -0.1) is 0 Å². The predicted octanol–water partition coefficient (Wildman–Crippen LogP) is 2.35. The molecule has 2 heterocycles. The van der Waals surface area contributed by atoms with Crippen molar-refractivity contribution in [2.75, 3.05) is 25.1 Å². The minimum absolute atomic E-state index is 0.217. The minimum atomic E-state index is -0.911. The highest BCUT2D eigenvalue weighted by molar-refractivity contribution is 5.88. The lowest BCUT2D eigenvalue weighted by Crippen LogP contribution is -2.34. The van der Waals surface area contributed by atoms with Crippen LogP contribution in [0.2, 0.25) is 0 Å². The summed E-state index contributed by atoms with van der Waals surface area (Å²) in [6, 6.07) is 3.26. The van der Waals surface area contributed by atoms with Gasteiger partial charge in [-0.3, -0.25) is 0 Å². The molecule has 110 valence electrons. The molecule has 1 aliphatic rings. The lowest BCUT2D eigenvalue weighted by molar-refractivity contribution is 0.0215. The number of likely N-dealkylation sites (N-methyl/N-ethyl adjacent to an activating group) is 1. The SMILES string of the molecule is CCc1cc(C(=O)O)cc(N(C)CC2CCCCO2)n1. The Balaban J connectivity index is 2.13. The highest BCUT2D eigenvalue weighted by Gasteiger charge is 2.18. The number of ether oxygens (including phenoxy) is 1. The lowest BCUT2D eigenvalue weighted by atomic mass is 10.1. The van der Waals surface area contributed by atoms with Crippen molar-refractivity contribution in [2.45, 2.75) is 38.7 Å². The van der Waals surface area contributed by atoms with E-state index in [1.54, 1.807) is 12.1 Å². The van der Waals surface area contributed by atoms with Crippen molar-refractivity contribution < 1.29 is 14.6 Å². The van der Waals surface area contributed by atoms with Gasteiger partial charge in [0.2, 0.25) is 0 Å². The van der Waals surface area contributed by atoms with Crippen molar-refractivity contribution >= 4 is 11.8 Å². The van der Waals surface area contributed by atoms with Crippen molar-refractivity contribution in [1.82, 2.24) is 4.98 Å². The predicted molar refractivity (Wildman–Crippen MR) is 77.4 cm³/mol. The summed E-state index contributed by atoms with van der Waals surface area (Å²) in [6.45, 7) is 3.54. The molecule has 1 aromatic heterocycles. The maximum atomic E-state index is 11.2. The zero-order valence-corrected chi connectivity index (χ0v) is 12.1. The van der Waals surface area contributed by atoms with E-state index in [2.05, 4.69) is 4.98 Å². The van der Waals surface area contributed by atoms with Crippen LogP contribution in [-0.4, -0.2) is 42.4 Å². The number of aromatic carboxylic acids is 1. The highest BCUT2D eigenvalue weighted by atomic mass is 16.5. The van der Waals surface area contributed by atoms with Gasteiger partial charge in [-0.25, -0.2) is 9.78 Å². The highest BCUT2D eigenvalue weighted by Crippen LogP contribution is 2.18. The minimum Gasteiger partial charge on any atom is -0.478 e. The van der Waals surface area contributed by atoms with E-state index >= 15 is 0 Å². The van der Waals surface area contributed by atoms with Crippen LogP contribution < -0.4 is 4.90 Å². The number of carboxylic acids is 1. The zero-order chi connectivity index (χ0) is 14.5. The fourth-order valence-corrected chi connectivity index (χ4v) is 2.42. The number of hydrogen-bond donors (Lipinski definition) is 1. The lowest BCUT2D eigenvalue weighted by Gasteiger charge is -2.28. The molecular weight excluding hydrogens is 256 g/mol. The molecule has 2 rings (SSSR count). The Kier molecular flexibility index (Phi) is 4.95. The molecular formula is C15H22N2O3. The van der Waals surface area contributed by atoms with Crippen LogP contribution in [0.25, 0.3) is 0 Å². The van der Waals surface area contributed by atoms with Gasteiger partial charge in [-0.05, 0) is 37.8 Å². The van der Waals surface area contributed by atoms with E-state index in [1.807, 2.05) is 18.9 Å². The third-order valence-electron chi connectivity index (χ3n) is 3.62. The first-order valence-corrected chi connectivity index (χ1v) is 7.17. The first kappa shape index (κ1) is 14.8. The number of rotatable bonds is 5. The Labute approximate surface area is 119 Å². The molecule has 0 saturated carbocycles. The Bertz CT molecular complexity index is 470. The van der Waals surface area contributed by atoms with E-state index in [-0.39, 0.29) is 6.10 Å². The number of carbonyl (C=O) groups is 1. The molecule has 1 saturated heterocycles. The van der Waals surface area contributed by atoms with Crippen molar-refractivity contribution in [1.29, 1.82) is 0 Å². The fraction of sp³-hybridized carbons (Fsp3) is 0.600. The molecule has 0 aliphatic carbocycles. The van der Waals surface area contributed by atoms with Gasteiger partial charge < -0.3 is 14.7 Å². The molecule has 1 atom stereocenters. The molecule has 5 nitrogen and oxygen atoms in total. The van der Waals surface area contributed by atoms with E-state index < -0.39 is 5.97 Å². The average molecular weight is 278 g/mol. The zero-order valence-electron chi connectivity index (χ0n) is 12.1. The van der Waals surface area contributed by atoms with E-state index in [9.17, 15) is 4.79 Å². The number of anilines is 1. The molecule has 0 bridgehead atoms. The number of aromatic nitrogens is 1. The molecule has 1 fully saturated rings. The summed E-state index contributed by atoms with van der Waals surface area (Å²) in [5, 5.41) is 9.16. The summed E-state index contributed by atoms with van der Waals surface area (Å²) in [6.07, 6.45) is 4.33. The van der Waals surface area contributed by atoms with E-state index in [0.29, 0.717) is 11.4 Å². The van der Waals surface area contributed by atoms with Crippen LogP contribution in [0.3, 0.4) is 0 Å². The molecule has 5 heteroatoms. The maximum absolute atomic E-state index is 11.2. The van der Waals surface area contributed by atoms with Crippen molar-refractivity contribution in [3.63, 3.8) is 0 Å². The van der Waals surface area contributed by atoms with Gasteiger partial charge in [-0.2, -0.15) is 0 Å². The number of aryl methyl sites for hydroxylation is 1. The second-order valence-corrected chi connectivity index (χ2v) is 5.23. The summed E-state index contributed by atoms with van der Waals surface area (Å²) in [5.74, 6) is -0.207. The molecule has 0 radical (unpaired) electrons. The number of nitrogens with zero attached hydrogens (tertiary/aromatic N) is 2. The molecule has 1 unspecified atom stereocenters. The average Bonchev–Trinajstić information content (AvgIpc) is 2.47. The summed E-state index contributed by atoms with van der Waals surface area (Å²) >= 11 is 0. The monoisotopic (exact) mass is 278 g/mol. The number of carboxylic acid groups (broad SMARTS) is 1. The summed E-state index contributed by atoms with van der Waals surface area (Å²) in [4.78, 5) is 17.7. The summed E-state index contributed by atoms with van der Waals surface area (Å²) < 4.78 is 5.72. The standard InChI is InChI=1S/C15H22N2O3/c1-3-12-8-11(15(18)19)9-14(16-12)17(2)10-13-6-4-5-7-20-13/h8-9,13H,3-7,10H2,1-2H3,(H,18,19). The maximum Gasteiger partial charge on any atom is 0.335 e. The second kappa shape index (κ2) is 6.70. The van der Waals surface area contributed by atoms with Crippen LogP contribution in [0, 0.1) is 0 Å². The van der Waals surface area contributed by atoms with Gasteiger partial charge >= 0.3 is 5.97 Å². The van der Waals surface area contributed by atoms with Crippen LogP contribution in [0.1, 0.15) is 42.2 Å². The first-order valence-electron chi connectivity index (χ1n) is 7.17. The van der Waals surface area contributed by atoms with Gasteiger partial charge in [0.05, 0.1) is 11.7 Å². The topological polar surface area (TPSA) is 62.7 Å². The van der Waals surface area contributed by atoms with E-state index in [1.165, 1.54) is 6.42 Å². The third kappa shape index (κ3) is 3.70. The van der Waals surface area contributed by atoms with Gasteiger partial charge in [0.15, 0.2) is 0 Å².